The van der Waals surface area contributed by atoms with Crippen molar-refractivity contribution in [1.82, 2.24) is 23.9 Å². The van der Waals surface area contributed by atoms with E-state index in [9.17, 15) is 31.5 Å². The minimum Gasteiger partial charge on any atom is -0.481 e. The number of pyridine rings is 2. The number of anilines is 2. The lowest BCUT2D eigenvalue weighted by Crippen LogP contribution is -2.65. The fourth-order valence-electron chi connectivity index (χ4n) is 6.49. The zero-order valence-corrected chi connectivity index (χ0v) is 24.1. The van der Waals surface area contributed by atoms with E-state index in [1.807, 2.05) is 4.90 Å². The fourth-order valence-corrected chi connectivity index (χ4v) is 8.10. The van der Waals surface area contributed by atoms with Crippen LogP contribution in [-0.2, 0) is 32.3 Å². The maximum absolute atomic E-state index is 14.0. The lowest BCUT2D eigenvalue weighted by atomic mass is 9.85. The first-order chi connectivity index (χ1) is 20.9. The summed E-state index contributed by atoms with van der Waals surface area (Å²) in [7, 11) is -4.00. The predicted octanol–water partition coefficient (Wildman–Crippen LogP) is 3.22. The molecule has 16 heteroatoms. The third-order valence-corrected chi connectivity index (χ3v) is 10.3. The summed E-state index contributed by atoms with van der Waals surface area (Å²) in [4.78, 5) is 18.5. The number of sulfonamides is 1. The van der Waals surface area contributed by atoms with Crippen LogP contribution in [-0.4, -0.2) is 75.3 Å². The second-order valence-electron chi connectivity index (χ2n) is 11.1. The summed E-state index contributed by atoms with van der Waals surface area (Å²) in [5.74, 6) is -2.72. The molecule has 3 atom stereocenters. The number of aliphatic carboxylic acids is 1. The molecule has 6 heterocycles. The van der Waals surface area contributed by atoms with Gasteiger partial charge in [0.25, 0.3) is 0 Å². The number of aromatic nitrogens is 4. The van der Waals surface area contributed by atoms with Crippen LogP contribution < -0.4 is 10.2 Å². The predicted molar refractivity (Wildman–Crippen MR) is 150 cm³/mol. The Labute approximate surface area is 249 Å². The highest BCUT2D eigenvalue weighted by Gasteiger charge is 2.51. The number of ether oxygens (including phenoxy) is 1. The van der Waals surface area contributed by atoms with Crippen LogP contribution in [0.15, 0.2) is 53.7 Å². The summed E-state index contributed by atoms with van der Waals surface area (Å²) in [6.45, 7) is 2.62. The Bertz CT molecular complexity index is 1930. The Morgan fingerprint density at radius 1 is 1.23 bits per heavy atom. The van der Waals surface area contributed by atoms with Crippen molar-refractivity contribution in [3.05, 3.63) is 76.9 Å². The van der Waals surface area contributed by atoms with Crippen LogP contribution in [0.5, 0.6) is 0 Å². The quantitative estimate of drug-likeness (QED) is 0.346. The first kappa shape index (κ1) is 28.5. The first-order valence-corrected chi connectivity index (χ1v) is 15.2. The second kappa shape index (κ2) is 9.87. The van der Waals surface area contributed by atoms with Gasteiger partial charge in [0.05, 0.1) is 26.2 Å². The number of aryl methyl sites for hydroxylation is 1. The molecule has 0 aliphatic carbocycles. The van der Waals surface area contributed by atoms with E-state index in [0.29, 0.717) is 46.9 Å². The van der Waals surface area contributed by atoms with Gasteiger partial charge in [0.15, 0.2) is 11.5 Å². The van der Waals surface area contributed by atoms with E-state index in [2.05, 4.69) is 20.5 Å². The van der Waals surface area contributed by atoms with Gasteiger partial charge in [-0.2, -0.15) is 17.5 Å². The lowest BCUT2D eigenvalue weighted by molar-refractivity contribution is -0.145. The number of nitrogens with one attached hydrogen (secondary N) is 1. The monoisotopic (exact) mass is 629 g/mol. The number of rotatable bonds is 4. The SMILES string of the molecule is Cc1c([C@H](CC(=O)O)c2ccc3c(c2)CN2C[C@]4(COCCN4c4ncccc4S2(=O)=O)N3)ccn2c(C(F)(F)F)nnc12. The van der Waals surface area contributed by atoms with Crippen molar-refractivity contribution < 1.29 is 36.2 Å². The molecule has 2 bridgehead atoms. The van der Waals surface area contributed by atoms with Crippen LogP contribution in [0.2, 0.25) is 0 Å². The molecule has 0 radical (unpaired) electrons. The molecule has 1 spiro atoms. The maximum Gasteiger partial charge on any atom is 0.452 e. The minimum atomic E-state index is -4.72. The standard InChI is InChI=1S/C28H26F3N7O5S/c1-16-19(6-8-37-24(16)34-35-26(37)28(29,30)31)20(12-23(39)40)17-4-5-21-18(11-17)13-36-14-27(33-21)15-43-10-9-38(27)25-22(44(36,41)42)3-2-7-32-25/h2-8,11,20,33H,9-10,12-15H2,1H3,(H,39,40)/t20-,27+/m1/s1. The molecular weight excluding hydrogens is 603 g/mol. The number of halogens is 3. The van der Waals surface area contributed by atoms with Crippen LogP contribution in [0, 0.1) is 6.92 Å². The number of carbonyl (C=O) groups is 1. The molecule has 2 N–H and O–H groups in total. The molecule has 230 valence electrons. The Kier molecular flexibility index (Phi) is 6.39. The molecule has 1 unspecified atom stereocenters. The Morgan fingerprint density at radius 3 is 2.82 bits per heavy atom. The summed E-state index contributed by atoms with van der Waals surface area (Å²) >= 11 is 0. The Hall–Kier alpha value is -4.28. The van der Waals surface area contributed by atoms with Gasteiger partial charge < -0.3 is 20.1 Å². The number of benzene rings is 1. The van der Waals surface area contributed by atoms with Crippen molar-refractivity contribution in [3.8, 4) is 0 Å². The molecule has 4 aromatic rings. The highest BCUT2D eigenvalue weighted by atomic mass is 32.2. The molecule has 44 heavy (non-hydrogen) atoms. The van der Waals surface area contributed by atoms with Gasteiger partial charge in [-0.25, -0.2) is 13.4 Å². The molecule has 1 aromatic carbocycles. The number of hydrogen-bond acceptors (Lipinski definition) is 9. The maximum atomic E-state index is 14.0. The number of carboxylic acid groups (broad SMARTS) is 1. The van der Waals surface area contributed by atoms with Crippen LogP contribution >= 0.6 is 0 Å². The van der Waals surface area contributed by atoms with Crippen molar-refractivity contribution in [2.24, 2.45) is 0 Å². The van der Waals surface area contributed by atoms with Gasteiger partial charge in [-0.05, 0) is 53.4 Å². The molecule has 3 aromatic heterocycles. The van der Waals surface area contributed by atoms with E-state index in [1.165, 1.54) is 22.6 Å². The molecule has 0 saturated carbocycles. The van der Waals surface area contributed by atoms with E-state index in [-0.39, 0.29) is 36.7 Å². The second-order valence-corrected chi connectivity index (χ2v) is 13.0. The molecule has 12 nitrogen and oxygen atoms in total. The van der Waals surface area contributed by atoms with Gasteiger partial charge in [0.2, 0.25) is 15.8 Å². The zero-order chi connectivity index (χ0) is 31.0. The van der Waals surface area contributed by atoms with Crippen molar-refractivity contribution in [3.63, 3.8) is 0 Å². The largest absolute Gasteiger partial charge is 0.481 e. The molecule has 3 aliphatic heterocycles. The smallest absolute Gasteiger partial charge is 0.452 e. The first-order valence-electron chi connectivity index (χ1n) is 13.7. The average Bonchev–Trinajstić information content (AvgIpc) is 3.33. The van der Waals surface area contributed by atoms with Crippen molar-refractivity contribution >= 4 is 33.1 Å². The minimum absolute atomic E-state index is 0.0145. The summed E-state index contributed by atoms with van der Waals surface area (Å²) < 4.78 is 76.4. The van der Waals surface area contributed by atoms with Gasteiger partial charge in [-0.1, -0.05) is 12.1 Å². The molecule has 3 aliphatic rings. The van der Waals surface area contributed by atoms with Gasteiger partial charge in [-0.15, -0.1) is 10.2 Å². The highest BCUT2D eigenvalue weighted by molar-refractivity contribution is 7.89. The molecular formula is C28H26F3N7O5S. The molecule has 0 amide bonds. The van der Waals surface area contributed by atoms with Gasteiger partial charge in [-0.3, -0.25) is 9.20 Å². The van der Waals surface area contributed by atoms with Gasteiger partial charge in [0, 0.05) is 37.1 Å². The zero-order valence-electron chi connectivity index (χ0n) is 23.2. The summed E-state index contributed by atoms with van der Waals surface area (Å²) in [6.07, 6.45) is -2.34. The van der Waals surface area contributed by atoms with E-state index in [0.717, 1.165) is 4.40 Å². The number of alkyl halides is 3. The normalized spacial score (nSPS) is 23.0. The average molecular weight is 630 g/mol. The van der Waals surface area contributed by atoms with Crippen molar-refractivity contribution in [1.29, 1.82) is 0 Å². The van der Waals surface area contributed by atoms with Gasteiger partial charge in [0.1, 0.15) is 10.6 Å². The molecule has 7 rings (SSSR count). The van der Waals surface area contributed by atoms with E-state index in [4.69, 9.17) is 4.74 Å². The highest BCUT2D eigenvalue weighted by Crippen LogP contribution is 2.43. The fraction of sp³-hybridized carbons (Fsp3) is 0.357. The number of morpholine rings is 1. The lowest BCUT2D eigenvalue weighted by Gasteiger charge is -2.47. The third kappa shape index (κ3) is 4.38. The number of nitrogens with zero attached hydrogens (tertiary/aromatic N) is 6. The molecule has 1 fully saturated rings. The van der Waals surface area contributed by atoms with E-state index < -0.39 is 39.6 Å². The summed E-state index contributed by atoms with van der Waals surface area (Å²) in [5.41, 5.74) is 1.64. The van der Waals surface area contributed by atoms with E-state index >= 15 is 0 Å². The van der Waals surface area contributed by atoms with Crippen LogP contribution in [0.4, 0.5) is 24.7 Å². The summed E-state index contributed by atoms with van der Waals surface area (Å²) in [5, 5.41) is 20.4. The third-order valence-electron chi connectivity index (χ3n) is 8.50. The van der Waals surface area contributed by atoms with Gasteiger partial charge >= 0.3 is 12.1 Å². The van der Waals surface area contributed by atoms with Crippen molar-refractivity contribution in [2.75, 3.05) is 36.5 Å². The molecule has 1 saturated heterocycles. The Balaban J connectivity index is 1.34. The number of hydrogen-bond donors (Lipinski definition) is 2. The Morgan fingerprint density at radius 2 is 2.05 bits per heavy atom. The van der Waals surface area contributed by atoms with Crippen LogP contribution in [0.1, 0.15) is 40.4 Å². The van der Waals surface area contributed by atoms with E-state index in [1.54, 1.807) is 37.4 Å². The van der Waals surface area contributed by atoms with Crippen LogP contribution in [0.3, 0.4) is 0 Å². The van der Waals surface area contributed by atoms with Crippen molar-refractivity contribution in [2.45, 2.75) is 42.5 Å². The topological polar surface area (TPSA) is 142 Å². The number of carboxylic acids is 1. The summed E-state index contributed by atoms with van der Waals surface area (Å²) in [6, 6.07) is 9.84. The van der Waals surface area contributed by atoms with Crippen LogP contribution in [0.25, 0.3) is 5.65 Å². The number of fused-ring (bicyclic) bond motifs is 5.